The third kappa shape index (κ3) is 4.79. The average molecular weight is 345 g/mol. The Hall–Kier alpha value is -1.91. The van der Waals surface area contributed by atoms with Crippen LogP contribution in [-0.2, 0) is 22.6 Å². The number of likely N-dealkylation sites (tertiary alicyclic amines) is 1. The van der Waals surface area contributed by atoms with Gasteiger partial charge in [0.15, 0.2) is 0 Å². The topological polar surface area (TPSA) is 42.4 Å². The molecule has 1 aromatic carbocycles. The van der Waals surface area contributed by atoms with Crippen LogP contribution in [0.3, 0.4) is 0 Å². The summed E-state index contributed by atoms with van der Waals surface area (Å²) in [7, 11) is 0. The van der Waals surface area contributed by atoms with Crippen molar-refractivity contribution in [1.82, 2.24) is 9.88 Å². The highest BCUT2D eigenvalue weighted by molar-refractivity contribution is 6.30. The van der Waals surface area contributed by atoms with Crippen LogP contribution in [0.5, 0.6) is 0 Å². The van der Waals surface area contributed by atoms with Crippen LogP contribution in [0.25, 0.3) is 0 Å². The van der Waals surface area contributed by atoms with E-state index in [1.54, 1.807) is 6.20 Å². The van der Waals surface area contributed by atoms with Crippen molar-refractivity contribution in [2.75, 3.05) is 13.1 Å². The molecular formula is C19H21ClN2O2. The number of carbonyl (C=O) groups is 1. The summed E-state index contributed by atoms with van der Waals surface area (Å²) in [5, 5.41) is 0.664. The van der Waals surface area contributed by atoms with Gasteiger partial charge < -0.3 is 9.64 Å². The number of hydrogen-bond acceptors (Lipinski definition) is 3. The van der Waals surface area contributed by atoms with Crippen molar-refractivity contribution in [3.8, 4) is 0 Å². The highest BCUT2D eigenvalue weighted by Gasteiger charge is 2.24. The van der Waals surface area contributed by atoms with E-state index in [1.807, 2.05) is 47.5 Å². The molecule has 1 aromatic heterocycles. The Morgan fingerprint density at radius 1 is 1.29 bits per heavy atom. The molecule has 0 radical (unpaired) electrons. The molecule has 126 valence electrons. The number of halogens is 1. The molecular weight excluding hydrogens is 324 g/mol. The molecule has 2 heterocycles. The van der Waals surface area contributed by atoms with E-state index in [-0.39, 0.29) is 12.0 Å². The van der Waals surface area contributed by atoms with Gasteiger partial charge in [0.1, 0.15) is 0 Å². The molecule has 3 rings (SSSR count). The van der Waals surface area contributed by atoms with Gasteiger partial charge in [0, 0.05) is 30.5 Å². The van der Waals surface area contributed by atoms with E-state index in [0.717, 1.165) is 30.5 Å². The van der Waals surface area contributed by atoms with Gasteiger partial charge in [0.25, 0.3) is 0 Å². The first kappa shape index (κ1) is 16.9. The van der Waals surface area contributed by atoms with Gasteiger partial charge in [-0.05, 0) is 42.2 Å². The minimum Gasteiger partial charge on any atom is -0.372 e. The molecule has 1 aliphatic rings. The molecule has 2 aromatic rings. The second-order valence-electron chi connectivity index (χ2n) is 6.08. The summed E-state index contributed by atoms with van der Waals surface area (Å²) in [6.45, 7) is 1.99. The SMILES string of the molecule is O=C(Cc1cccc(Cl)c1)N1CCCC(OCc2cccnc2)C1. The van der Waals surface area contributed by atoms with Gasteiger partial charge >= 0.3 is 0 Å². The fourth-order valence-electron chi connectivity index (χ4n) is 2.93. The lowest BCUT2D eigenvalue weighted by atomic mass is 10.1. The lowest BCUT2D eigenvalue weighted by molar-refractivity contribution is -0.134. The number of aromatic nitrogens is 1. The van der Waals surface area contributed by atoms with Crippen LogP contribution in [0.15, 0.2) is 48.8 Å². The van der Waals surface area contributed by atoms with E-state index in [4.69, 9.17) is 16.3 Å². The lowest BCUT2D eigenvalue weighted by Crippen LogP contribution is -2.43. The van der Waals surface area contributed by atoms with Gasteiger partial charge in [-0.1, -0.05) is 29.8 Å². The third-order valence-corrected chi connectivity index (χ3v) is 4.42. The Bertz CT molecular complexity index is 678. The summed E-state index contributed by atoms with van der Waals surface area (Å²) in [5.74, 6) is 0.131. The highest BCUT2D eigenvalue weighted by atomic mass is 35.5. The monoisotopic (exact) mass is 344 g/mol. The molecule has 0 saturated carbocycles. The van der Waals surface area contributed by atoms with Crippen LogP contribution >= 0.6 is 11.6 Å². The second-order valence-corrected chi connectivity index (χ2v) is 6.52. The number of ether oxygens (including phenoxy) is 1. The van der Waals surface area contributed by atoms with Gasteiger partial charge in [-0.2, -0.15) is 0 Å². The largest absolute Gasteiger partial charge is 0.372 e. The van der Waals surface area contributed by atoms with Crippen LogP contribution in [0, 0.1) is 0 Å². The first-order chi connectivity index (χ1) is 11.7. The predicted octanol–water partition coefficient (Wildman–Crippen LogP) is 3.49. The van der Waals surface area contributed by atoms with Gasteiger partial charge in [0.05, 0.1) is 19.1 Å². The van der Waals surface area contributed by atoms with Crippen LogP contribution in [-0.4, -0.2) is 35.0 Å². The van der Waals surface area contributed by atoms with Gasteiger partial charge in [-0.3, -0.25) is 9.78 Å². The number of rotatable bonds is 5. The van der Waals surface area contributed by atoms with Gasteiger partial charge in [0.2, 0.25) is 5.91 Å². The maximum absolute atomic E-state index is 12.5. The minimum absolute atomic E-state index is 0.0854. The first-order valence-electron chi connectivity index (χ1n) is 8.23. The molecule has 5 heteroatoms. The van der Waals surface area contributed by atoms with E-state index < -0.39 is 0 Å². The molecule has 1 amide bonds. The smallest absolute Gasteiger partial charge is 0.227 e. The molecule has 0 N–H and O–H groups in total. The Balaban J connectivity index is 1.52. The van der Waals surface area contributed by atoms with Crippen molar-refractivity contribution in [3.63, 3.8) is 0 Å². The molecule has 1 atom stereocenters. The molecule has 24 heavy (non-hydrogen) atoms. The summed E-state index contributed by atoms with van der Waals surface area (Å²) >= 11 is 5.99. The number of benzene rings is 1. The summed E-state index contributed by atoms with van der Waals surface area (Å²) in [6.07, 6.45) is 5.99. The van der Waals surface area contributed by atoms with Crippen molar-refractivity contribution in [2.45, 2.75) is 32.0 Å². The van der Waals surface area contributed by atoms with Crippen LogP contribution in [0.4, 0.5) is 0 Å². The van der Waals surface area contributed by atoms with Crippen molar-refractivity contribution in [2.24, 2.45) is 0 Å². The molecule has 4 nitrogen and oxygen atoms in total. The standard InChI is InChI=1S/C19H21ClN2O2/c20-17-6-1-4-15(10-17)11-19(23)22-9-3-7-18(13-22)24-14-16-5-2-8-21-12-16/h1-2,4-6,8,10,12,18H,3,7,9,11,13-14H2. The number of nitrogens with zero attached hydrogens (tertiary/aromatic N) is 2. The average Bonchev–Trinajstić information content (AvgIpc) is 2.61. The van der Waals surface area contributed by atoms with Crippen LogP contribution in [0.1, 0.15) is 24.0 Å². The fourth-order valence-corrected chi connectivity index (χ4v) is 3.14. The van der Waals surface area contributed by atoms with Gasteiger partial charge in [-0.15, -0.1) is 0 Å². The van der Waals surface area contributed by atoms with E-state index >= 15 is 0 Å². The Kier molecular flexibility index (Phi) is 5.83. The predicted molar refractivity (Wildman–Crippen MR) is 93.8 cm³/mol. The molecule has 0 spiro atoms. The molecule has 0 aliphatic carbocycles. The van der Waals surface area contributed by atoms with Gasteiger partial charge in [-0.25, -0.2) is 0 Å². The number of hydrogen-bond donors (Lipinski definition) is 0. The Morgan fingerprint density at radius 2 is 2.17 bits per heavy atom. The molecule has 0 bridgehead atoms. The van der Waals surface area contributed by atoms with E-state index in [1.165, 1.54) is 0 Å². The summed E-state index contributed by atoms with van der Waals surface area (Å²) in [4.78, 5) is 18.5. The van der Waals surface area contributed by atoms with E-state index in [0.29, 0.717) is 24.6 Å². The number of pyridine rings is 1. The zero-order valence-electron chi connectivity index (χ0n) is 13.5. The first-order valence-corrected chi connectivity index (χ1v) is 8.61. The maximum Gasteiger partial charge on any atom is 0.227 e. The second kappa shape index (κ2) is 8.27. The van der Waals surface area contributed by atoms with Crippen molar-refractivity contribution >= 4 is 17.5 Å². The van der Waals surface area contributed by atoms with Crippen LogP contribution in [0.2, 0.25) is 5.02 Å². The molecule has 1 fully saturated rings. The summed E-state index contributed by atoms with van der Waals surface area (Å²) in [6, 6.07) is 11.4. The summed E-state index contributed by atoms with van der Waals surface area (Å²) in [5.41, 5.74) is 2.01. The highest BCUT2D eigenvalue weighted by Crippen LogP contribution is 2.17. The van der Waals surface area contributed by atoms with Crippen molar-refractivity contribution in [1.29, 1.82) is 0 Å². The zero-order valence-corrected chi connectivity index (χ0v) is 14.3. The number of amides is 1. The number of carbonyl (C=O) groups excluding carboxylic acids is 1. The Labute approximate surface area is 147 Å². The quantitative estimate of drug-likeness (QED) is 0.834. The lowest BCUT2D eigenvalue weighted by Gasteiger charge is -2.32. The molecule has 1 unspecified atom stereocenters. The van der Waals surface area contributed by atoms with E-state index in [2.05, 4.69) is 4.98 Å². The summed E-state index contributed by atoms with van der Waals surface area (Å²) < 4.78 is 5.96. The number of piperidine rings is 1. The minimum atomic E-state index is 0.0854. The van der Waals surface area contributed by atoms with Crippen LogP contribution < -0.4 is 0 Å². The van der Waals surface area contributed by atoms with Crippen molar-refractivity contribution < 1.29 is 9.53 Å². The van der Waals surface area contributed by atoms with E-state index in [9.17, 15) is 4.79 Å². The zero-order chi connectivity index (χ0) is 16.8. The normalized spacial score (nSPS) is 17.7. The third-order valence-electron chi connectivity index (χ3n) is 4.18. The Morgan fingerprint density at radius 3 is 2.96 bits per heavy atom. The van der Waals surface area contributed by atoms with Crippen molar-refractivity contribution in [3.05, 3.63) is 64.9 Å². The molecule has 1 saturated heterocycles. The molecule has 1 aliphatic heterocycles. The fraction of sp³-hybridized carbons (Fsp3) is 0.368. The maximum atomic E-state index is 12.5.